The average molecular weight is 369 g/mol. The van der Waals surface area contributed by atoms with Crippen molar-refractivity contribution in [1.82, 2.24) is 4.57 Å². The Morgan fingerprint density at radius 3 is 2.69 bits per heavy atom. The molecule has 0 aliphatic carbocycles. The summed E-state index contributed by atoms with van der Waals surface area (Å²) in [7, 11) is 0. The molecule has 3 rings (SSSR count). The molecule has 0 radical (unpaired) electrons. The van der Waals surface area contributed by atoms with Gasteiger partial charge in [-0.25, -0.2) is 0 Å². The highest BCUT2D eigenvalue weighted by Crippen LogP contribution is 2.21. The quantitative estimate of drug-likeness (QED) is 0.626. The lowest BCUT2D eigenvalue weighted by Gasteiger charge is -2.07. The third kappa shape index (κ3) is 3.79. The summed E-state index contributed by atoms with van der Waals surface area (Å²) in [6.45, 7) is 10.00. The molecule has 0 aliphatic heterocycles. The Balaban J connectivity index is 2.10. The maximum absolute atomic E-state index is 12.8. The van der Waals surface area contributed by atoms with Crippen LogP contribution in [-0.2, 0) is 11.3 Å². The van der Waals surface area contributed by atoms with Gasteiger partial charge in [-0.15, -0.1) is 0 Å². The summed E-state index contributed by atoms with van der Waals surface area (Å²) in [5.74, 6) is -0.197. The summed E-state index contributed by atoms with van der Waals surface area (Å²) in [5, 5.41) is 0. The van der Waals surface area contributed by atoms with Crippen molar-refractivity contribution >= 4 is 27.5 Å². The van der Waals surface area contributed by atoms with Crippen molar-refractivity contribution in [1.29, 1.82) is 0 Å². The summed E-state index contributed by atoms with van der Waals surface area (Å²) in [6, 6.07) is 12.0. The van der Waals surface area contributed by atoms with Gasteiger partial charge in [0.2, 0.25) is 0 Å². The number of rotatable bonds is 5. The minimum Gasteiger partial charge on any atom is -0.380 e. The van der Waals surface area contributed by atoms with Crippen molar-refractivity contribution in [3.8, 4) is 0 Å². The molecule has 0 saturated heterocycles. The van der Waals surface area contributed by atoms with Crippen molar-refractivity contribution in [2.24, 2.45) is 4.99 Å². The number of benzene rings is 2. The highest BCUT2D eigenvalue weighted by Gasteiger charge is 2.12. The van der Waals surface area contributed by atoms with E-state index in [0.717, 1.165) is 26.1 Å². The Kier molecular flexibility index (Phi) is 5.69. The lowest BCUT2D eigenvalue weighted by molar-refractivity contribution is 0.0996. The first-order valence-electron chi connectivity index (χ1n) is 8.84. The zero-order valence-corrected chi connectivity index (χ0v) is 16.5. The van der Waals surface area contributed by atoms with Gasteiger partial charge in [0.15, 0.2) is 4.80 Å². The third-order valence-electron chi connectivity index (χ3n) is 4.38. The first-order valence-corrected chi connectivity index (χ1v) is 9.66. The molecular formula is C21H24N2O2S. The van der Waals surface area contributed by atoms with Crippen molar-refractivity contribution in [2.45, 2.75) is 34.2 Å². The van der Waals surface area contributed by atoms with Gasteiger partial charge in [0.05, 0.1) is 16.8 Å². The summed E-state index contributed by atoms with van der Waals surface area (Å²) in [4.78, 5) is 18.0. The second-order valence-electron chi connectivity index (χ2n) is 6.39. The molecule has 1 aromatic heterocycles. The fraction of sp³-hybridized carbons (Fsp3) is 0.333. The minimum absolute atomic E-state index is 0.197. The van der Waals surface area contributed by atoms with Crippen LogP contribution in [-0.4, -0.2) is 23.7 Å². The summed E-state index contributed by atoms with van der Waals surface area (Å²) >= 11 is 1.55. The first kappa shape index (κ1) is 18.5. The molecule has 136 valence electrons. The molecule has 0 spiro atoms. The van der Waals surface area contributed by atoms with Crippen LogP contribution in [0, 0.1) is 20.8 Å². The van der Waals surface area contributed by atoms with E-state index in [4.69, 9.17) is 4.74 Å². The number of amides is 1. The van der Waals surface area contributed by atoms with Gasteiger partial charge in [0.1, 0.15) is 0 Å². The van der Waals surface area contributed by atoms with Gasteiger partial charge in [-0.3, -0.25) is 4.79 Å². The number of carbonyl (C=O) groups excluding carboxylic acids is 1. The van der Waals surface area contributed by atoms with Gasteiger partial charge in [0.25, 0.3) is 5.91 Å². The molecule has 26 heavy (non-hydrogen) atoms. The van der Waals surface area contributed by atoms with E-state index in [0.29, 0.717) is 25.3 Å². The maximum Gasteiger partial charge on any atom is 0.279 e. The number of ether oxygens (including phenoxy) is 1. The predicted molar refractivity (Wildman–Crippen MR) is 107 cm³/mol. The van der Waals surface area contributed by atoms with Crippen LogP contribution >= 0.6 is 11.3 Å². The smallest absolute Gasteiger partial charge is 0.279 e. The molecule has 0 fully saturated rings. The van der Waals surface area contributed by atoms with Gasteiger partial charge >= 0.3 is 0 Å². The highest BCUT2D eigenvalue weighted by molar-refractivity contribution is 7.16. The zero-order chi connectivity index (χ0) is 18.7. The normalized spacial score (nSPS) is 12.1. The van der Waals surface area contributed by atoms with E-state index in [1.54, 1.807) is 11.3 Å². The Morgan fingerprint density at radius 2 is 1.96 bits per heavy atom. The zero-order valence-electron chi connectivity index (χ0n) is 15.7. The van der Waals surface area contributed by atoms with Gasteiger partial charge < -0.3 is 9.30 Å². The molecule has 5 heteroatoms. The molecule has 0 unspecified atom stereocenters. The standard InChI is InChI=1S/C21H24N2O2S/c1-5-25-12-11-23-19-15(3)7-6-8-18(19)26-21(23)22-20(24)17-10-9-14(2)13-16(17)4/h6-10,13H,5,11-12H2,1-4H3. The molecule has 3 aromatic rings. The number of fused-ring (bicyclic) bond motifs is 1. The lowest BCUT2D eigenvalue weighted by Crippen LogP contribution is -2.20. The van der Waals surface area contributed by atoms with Crippen molar-refractivity contribution in [3.05, 3.63) is 63.5 Å². The fourth-order valence-corrected chi connectivity index (χ4v) is 4.23. The van der Waals surface area contributed by atoms with Crippen LogP contribution in [0.15, 0.2) is 41.4 Å². The number of aryl methyl sites for hydroxylation is 3. The number of carbonyl (C=O) groups is 1. The second kappa shape index (κ2) is 7.98. The molecule has 0 aliphatic rings. The van der Waals surface area contributed by atoms with Crippen molar-refractivity contribution < 1.29 is 9.53 Å². The fourth-order valence-electron chi connectivity index (χ4n) is 3.10. The van der Waals surface area contributed by atoms with E-state index in [1.807, 2.05) is 45.0 Å². The van der Waals surface area contributed by atoms with E-state index in [9.17, 15) is 4.79 Å². The number of thiazole rings is 1. The Morgan fingerprint density at radius 1 is 1.15 bits per heavy atom. The first-order chi connectivity index (χ1) is 12.5. The van der Waals surface area contributed by atoms with Gasteiger partial charge in [0, 0.05) is 18.7 Å². The largest absolute Gasteiger partial charge is 0.380 e. The van der Waals surface area contributed by atoms with Crippen molar-refractivity contribution in [2.75, 3.05) is 13.2 Å². The Labute approximate surface area is 157 Å². The average Bonchev–Trinajstić information content (AvgIpc) is 2.93. The SMILES string of the molecule is CCOCCn1c(=NC(=O)c2ccc(C)cc2C)sc2cccc(C)c21. The van der Waals surface area contributed by atoms with Crippen LogP contribution in [0.2, 0.25) is 0 Å². The van der Waals surface area contributed by atoms with Crippen LogP contribution in [0.1, 0.15) is 34.0 Å². The predicted octanol–water partition coefficient (Wildman–Crippen LogP) is 4.41. The summed E-state index contributed by atoms with van der Waals surface area (Å²) < 4.78 is 8.77. The van der Waals surface area contributed by atoms with E-state index in [1.165, 1.54) is 5.56 Å². The minimum atomic E-state index is -0.197. The van der Waals surface area contributed by atoms with Crippen LogP contribution in [0.25, 0.3) is 10.2 Å². The number of hydrogen-bond acceptors (Lipinski definition) is 3. The van der Waals surface area contributed by atoms with E-state index in [2.05, 4.69) is 28.6 Å². The lowest BCUT2D eigenvalue weighted by atomic mass is 10.1. The molecule has 0 N–H and O–H groups in total. The number of para-hydroxylation sites is 1. The topological polar surface area (TPSA) is 43.6 Å². The monoisotopic (exact) mass is 368 g/mol. The molecule has 2 aromatic carbocycles. The molecule has 0 atom stereocenters. The van der Waals surface area contributed by atoms with Crippen LogP contribution in [0.3, 0.4) is 0 Å². The van der Waals surface area contributed by atoms with Gasteiger partial charge in [-0.05, 0) is 51.0 Å². The van der Waals surface area contributed by atoms with Crippen molar-refractivity contribution in [3.63, 3.8) is 0 Å². The Hall–Kier alpha value is -2.24. The molecule has 1 heterocycles. The van der Waals surface area contributed by atoms with Crippen LogP contribution < -0.4 is 4.80 Å². The van der Waals surface area contributed by atoms with Crippen LogP contribution in [0.4, 0.5) is 0 Å². The third-order valence-corrected chi connectivity index (χ3v) is 5.42. The number of aromatic nitrogens is 1. The Bertz CT molecular complexity index is 1010. The van der Waals surface area contributed by atoms with Crippen LogP contribution in [0.5, 0.6) is 0 Å². The van der Waals surface area contributed by atoms with Gasteiger partial charge in [-0.1, -0.05) is 41.2 Å². The molecule has 4 nitrogen and oxygen atoms in total. The molecule has 0 bridgehead atoms. The van der Waals surface area contributed by atoms with E-state index < -0.39 is 0 Å². The van der Waals surface area contributed by atoms with E-state index in [-0.39, 0.29) is 5.91 Å². The summed E-state index contributed by atoms with van der Waals surface area (Å²) in [5.41, 5.74) is 5.06. The molecule has 1 amide bonds. The number of hydrogen-bond donors (Lipinski definition) is 0. The van der Waals surface area contributed by atoms with Gasteiger partial charge in [-0.2, -0.15) is 4.99 Å². The maximum atomic E-state index is 12.8. The molecular weight excluding hydrogens is 344 g/mol. The molecule has 0 saturated carbocycles. The second-order valence-corrected chi connectivity index (χ2v) is 7.40. The highest BCUT2D eigenvalue weighted by atomic mass is 32.1. The summed E-state index contributed by atoms with van der Waals surface area (Å²) in [6.07, 6.45) is 0. The van der Waals surface area contributed by atoms with E-state index >= 15 is 0 Å². The number of nitrogens with zero attached hydrogens (tertiary/aromatic N) is 2.